The van der Waals surface area contributed by atoms with E-state index in [1.54, 1.807) is 12.1 Å². The lowest BCUT2D eigenvalue weighted by atomic mass is 10.3. The van der Waals surface area contributed by atoms with Crippen LogP contribution in [-0.4, -0.2) is 17.9 Å². The number of carbonyl (C=O) groups is 1. The SMILES string of the molecule is C#CCOc1ccc(C=O)cn1. The van der Waals surface area contributed by atoms with E-state index in [0.29, 0.717) is 11.4 Å². The first-order chi connectivity index (χ1) is 5.86. The number of ether oxygens (including phenoxy) is 1. The molecule has 0 amide bonds. The molecule has 60 valence electrons. The van der Waals surface area contributed by atoms with E-state index in [4.69, 9.17) is 11.2 Å². The number of hydrogen-bond donors (Lipinski definition) is 0. The second-order valence-corrected chi connectivity index (χ2v) is 2.04. The lowest BCUT2D eigenvalue weighted by molar-refractivity contribution is 0.112. The highest BCUT2D eigenvalue weighted by atomic mass is 16.5. The topological polar surface area (TPSA) is 39.2 Å². The van der Waals surface area contributed by atoms with Gasteiger partial charge >= 0.3 is 0 Å². The van der Waals surface area contributed by atoms with Crippen LogP contribution in [0.1, 0.15) is 10.4 Å². The first-order valence-corrected chi connectivity index (χ1v) is 3.34. The molecule has 0 atom stereocenters. The molecule has 0 aliphatic carbocycles. The van der Waals surface area contributed by atoms with Crippen LogP contribution in [0.15, 0.2) is 18.3 Å². The van der Waals surface area contributed by atoms with Gasteiger partial charge in [-0.25, -0.2) is 4.98 Å². The quantitative estimate of drug-likeness (QED) is 0.488. The Morgan fingerprint density at radius 3 is 3.00 bits per heavy atom. The molecule has 1 heterocycles. The summed E-state index contributed by atoms with van der Waals surface area (Å²) in [7, 11) is 0. The van der Waals surface area contributed by atoms with Crippen molar-refractivity contribution in [3.8, 4) is 18.2 Å². The molecular formula is C9H7NO2. The second kappa shape index (κ2) is 4.14. The van der Waals surface area contributed by atoms with Crippen molar-refractivity contribution >= 4 is 6.29 Å². The van der Waals surface area contributed by atoms with E-state index in [0.717, 1.165) is 6.29 Å². The third-order valence-electron chi connectivity index (χ3n) is 1.20. The normalized spacial score (nSPS) is 8.58. The monoisotopic (exact) mass is 161 g/mol. The van der Waals surface area contributed by atoms with Crippen LogP contribution in [0.3, 0.4) is 0 Å². The van der Waals surface area contributed by atoms with E-state index in [-0.39, 0.29) is 6.61 Å². The maximum atomic E-state index is 10.2. The van der Waals surface area contributed by atoms with Crippen molar-refractivity contribution in [2.24, 2.45) is 0 Å². The molecule has 0 spiro atoms. The third-order valence-corrected chi connectivity index (χ3v) is 1.20. The molecule has 0 unspecified atom stereocenters. The van der Waals surface area contributed by atoms with Gasteiger partial charge < -0.3 is 4.74 Å². The summed E-state index contributed by atoms with van der Waals surface area (Å²) in [5, 5.41) is 0. The molecule has 0 N–H and O–H groups in total. The zero-order valence-corrected chi connectivity index (χ0v) is 6.36. The Labute approximate surface area is 70.4 Å². The number of hydrogen-bond acceptors (Lipinski definition) is 3. The molecule has 0 aliphatic heterocycles. The molecule has 0 aromatic carbocycles. The average molecular weight is 161 g/mol. The van der Waals surface area contributed by atoms with Crippen molar-refractivity contribution < 1.29 is 9.53 Å². The van der Waals surface area contributed by atoms with Crippen LogP contribution >= 0.6 is 0 Å². The van der Waals surface area contributed by atoms with Crippen molar-refractivity contribution in [3.05, 3.63) is 23.9 Å². The molecule has 1 aromatic rings. The Morgan fingerprint density at radius 1 is 1.67 bits per heavy atom. The minimum Gasteiger partial charge on any atom is -0.464 e. The number of rotatable bonds is 3. The van der Waals surface area contributed by atoms with E-state index in [1.165, 1.54) is 6.20 Å². The molecular weight excluding hydrogens is 154 g/mol. The Balaban J connectivity index is 2.66. The summed E-state index contributed by atoms with van der Waals surface area (Å²) in [4.78, 5) is 14.1. The first-order valence-electron chi connectivity index (χ1n) is 3.34. The van der Waals surface area contributed by atoms with Crippen molar-refractivity contribution in [2.75, 3.05) is 6.61 Å². The van der Waals surface area contributed by atoms with Gasteiger partial charge in [-0.2, -0.15) is 0 Å². The van der Waals surface area contributed by atoms with Gasteiger partial charge in [-0.15, -0.1) is 6.42 Å². The molecule has 12 heavy (non-hydrogen) atoms. The van der Waals surface area contributed by atoms with Crippen LogP contribution in [0.25, 0.3) is 0 Å². The van der Waals surface area contributed by atoms with Gasteiger partial charge in [0.1, 0.15) is 0 Å². The Kier molecular flexibility index (Phi) is 2.86. The number of aldehydes is 1. The molecule has 3 heteroatoms. The summed E-state index contributed by atoms with van der Waals surface area (Å²) in [6.45, 7) is 0.188. The van der Waals surface area contributed by atoms with Crippen LogP contribution in [-0.2, 0) is 0 Å². The van der Waals surface area contributed by atoms with Crippen LogP contribution in [0.5, 0.6) is 5.88 Å². The second-order valence-electron chi connectivity index (χ2n) is 2.04. The summed E-state index contributed by atoms with van der Waals surface area (Å²) in [6, 6.07) is 3.22. The zero-order chi connectivity index (χ0) is 8.81. The van der Waals surface area contributed by atoms with Crippen molar-refractivity contribution in [2.45, 2.75) is 0 Å². The molecule has 0 aliphatic rings. The van der Waals surface area contributed by atoms with E-state index in [2.05, 4.69) is 10.9 Å². The molecule has 0 saturated carbocycles. The molecule has 0 saturated heterocycles. The van der Waals surface area contributed by atoms with Gasteiger partial charge in [-0.3, -0.25) is 4.79 Å². The smallest absolute Gasteiger partial charge is 0.214 e. The predicted molar refractivity (Wildman–Crippen MR) is 44.0 cm³/mol. The van der Waals surface area contributed by atoms with Crippen LogP contribution in [0.4, 0.5) is 0 Å². The Morgan fingerprint density at radius 2 is 2.50 bits per heavy atom. The first kappa shape index (κ1) is 8.28. The summed E-state index contributed by atoms with van der Waals surface area (Å²) < 4.78 is 4.99. The van der Waals surface area contributed by atoms with Gasteiger partial charge in [0.15, 0.2) is 12.9 Å². The van der Waals surface area contributed by atoms with Gasteiger partial charge in [-0.1, -0.05) is 5.92 Å². The lowest BCUT2D eigenvalue weighted by Crippen LogP contribution is -1.95. The largest absolute Gasteiger partial charge is 0.464 e. The van der Waals surface area contributed by atoms with Crippen molar-refractivity contribution in [1.82, 2.24) is 4.98 Å². The fraction of sp³-hybridized carbons (Fsp3) is 0.111. The van der Waals surface area contributed by atoms with Gasteiger partial charge in [0.2, 0.25) is 5.88 Å². The van der Waals surface area contributed by atoms with Crippen LogP contribution in [0, 0.1) is 12.3 Å². The highest BCUT2D eigenvalue weighted by Gasteiger charge is 1.93. The maximum absolute atomic E-state index is 10.2. The number of aromatic nitrogens is 1. The van der Waals surface area contributed by atoms with Gasteiger partial charge in [0, 0.05) is 17.8 Å². The standard InChI is InChI=1S/C9H7NO2/c1-2-5-12-9-4-3-8(7-11)6-10-9/h1,3-4,6-7H,5H2. The molecule has 0 bridgehead atoms. The summed E-state index contributed by atoms with van der Waals surface area (Å²) >= 11 is 0. The van der Waals surface area contributed by atoms with Crippen LogP contribution < -0.4 is 4.74 Å². The minimum atomic E-state index is 0.188. The zero-order valence-electron chi connectivity index (χ0n) is 6.36. The predicted octanol–water partition coefficient (Wildman–Crippen LogP) is 0.906. The molecule has 0 radical (unpaired) electrons. The summed E-state index contributed by atoms with van der Waals surface area (Å²) in [5.41, 5.74) is 0.517. The molecule has 1 aromatic heterocycles. The van der Waals surface area contributed by atoms with Gasteiger partial charge in [0.25, 0.3) is 0 Å². The van der Waals surface area contributed by atoms with Gasteiger partial charge in [-0.05, 0) is 6.07 Å². The average Bonchev–Trinajstić information content (AvgIpc) is 2.15. The maximum Gasteiger partial charge on any atom is 0.214 e. The Bertz CT molecular complexity index is 297. The van der Waals surface area contributed by atoms with E-state index in [1.807, 2.05) is 0 Å². The van der Waals surface area contributed by atoms with Crippen molar-refractivity contribution in [1.29, 1.82) is 0 Å². The Hall–Kier alpha value is -1.82. The molecule has 0 fully saturated rings. The summed E-state index contributed by atoms with van der Waals surface area (Å²) in [5.74, 6) is 2.74. The fourth-order valence-corrected chi connectivity index (χ4v) is 0.662. The summed E-state index contributed by atoms with van der Waals surface area (Å²) in [6.07, 6.45) is 7.12. The van der Waals surface area contributed by atoms with Crippen LogP contribution in [0.2, 0.25) is 0 Å². The molecule has 1 rings (SSSR count). The highest BCUT2D eigenvalue weighted by Crippen LogP contribution is 2.05. The fourth-order valence-electron chi connectivity index (χ4n) is 0.662. The molecule has 3 nitrogen and oxygen atoms in total. The van der Waals surface area contributed by atoms with E-state index in [9.17, 15) is 4.79 Å². The number of terminal acetylenes is 1. The van der Waals surface area contributed by atoms with E-state index < -0.39 is 0 Å². The minimum absolute atomic E-state index is 0.188. The highest BCUT2D eigenvalue weighted by molar-refractivity contribution is 5.73. The van der Waals surface area contributed by atoms with Gasteiger partial charge in [0.05, 0.1) is 0 Å². The number of pyridine rings is 1. The number of nitrogens with zero attached hydrogens (tertiary/aromatic N) is 1. The van der Waals surface area contributed by atoms with Crippen molar-refractivity contribution in [3.63, 3.8) is 0 Å². The third kappa shape index (κ3) is 2.10. The lowest BCUT2D eigenvalue weighted by Gasteiger charge is -1.98. The van der Waals surface area contributed by atoms with E-state index >= 15 is 0 Å². The number of carbonyl (C=O) groups excluding carboxylic acids is 1.